The molecule has 0 aliphatic rings. The van der Waals surface area contributed by atoms with Crippen LogP contribution in [0.5, 0.6) is 0 Å². The third-order valence-corrected chi connectivity index (χ3v) is 4.26. The van der Waals surface area contributed by atoms with Gasteiger partial charge in [0.1, 0.15) is 5.82 Å². The molecule has 0 bridgehead atoms. The molecule has 2 N–H and O–H groups in total. The molecule has 0 atom stereocenters. The number of carbonyl (C=O) groups excluding carboxylic acids is 2. The fourth-order valence-electron chi connectivity index (χ4n) is 2.46. The Morgan fingerprint density at radius 2 is 1.52 bits per heavy atom. The number of benzene rings is 3. The molecule has 0 spiro atoms. The third kappa shape index (κ3) is 4.92. The third-order valence-electron chi connectivity index (χ3n) is 3.89. The first kappa shape index (κ1) is 18.6. The lowest BCUT2D eigenvalue weighted by atomic mass is 10.1. The molecule has 0 unspecified atom stereocenters. The van der Waals surface area contributed by atoms with E-state index in [1.807, 2.05) is 18.2 Å². The summed E-state index contributed by atoms with van der Waals surface area (Å²) in [7, 11) is 0. The summed E-state index contributed by atoms with van der Waals surface area (Å²) in [6.45, 7) is 0.306. The fraction of sp³-hybridized carbons (Fsp3) is 0.0476. The molecule has 0 fully saturated rings. The maximum atomic E-state index is 13.2. The normalized spacial score (nSPS) is 10.3. The summed E-state index contributed by atoms with van der Waals surface area (Å²) in [5, 5.41) is 5.98. The molecule has 3 aromatic rings. The van der Waals surface area contributed by atoms with Crippen molar-refractivity contribution in [1.29, 1.82) is 0 Å². The topological polar surface area (TPSA) is 58.2 Å². The summed E-state index contributed by atoms with van der Waals surface area (Å²) in [6.07, 6.45) is 0. The second-order valence-electron chi connectivity index (χ2n) is 5.82. The van der Waals surface area contributed by atoms with E-state index in [4.69, 9.17) is 11.6 Å². The van der Waals surface area contributed by atoms with Gasteiger partial charge in [-0.05, 0) is 54.1 Å². The first-order chi connectivity index (χ1) is 13.0. The summed E-state index contributed by atoms with van der Waals surface area (Å²) in [5.74, 6) is -1.09. The van der Waals surface area contributed by atoms with Crippen LogP contribution in [0.3, 0.4) is 0 Å². The van der Waals surface area contributed by atoms with E-state index >= 15 is 0 Å². The van der Waals surface area contributed by atoms with Crippen LogP contribution in [0.4, 0.5) is 10.1 Å². The standard InChI is InChI=1S/C21H16ClFN2O2/c22-19-7-2-1-4-16(19)13-24-20(26)14-8-10-15(11-9-14)21(27)25-18-6-3-5-17(23)12-18/h1-12H,13H2,(H,24,26)(H,25,27). The van der Waals surface area contributed by atoms with Crippen LogP contribution in [0.2, 0.25) is 5.02 Å². The largest absolute Gasteiger partial charge is 0.348 e. The van der Waals surface area contributed by atoms with Crippen LogP contribution < -0.4 is 10.6 Å². The van der Waals surface area contributed by atoms with Gasteiger partial charge in [0.15, 0.2) is 0 Å². The Bertz CT molecular complexity index is 974. The molecule has 0 aliphatic carbocycles. The molecule has 0 radical (unpaired) electrons. The zero-order valence-electron chi connectivity index (χ0n) is 14.2. The maximum Gasteiger partial charge on any atom is 0.255 e. The summed E-state index contributed by atoms with van der Waals surface area (Å²) in [4.78, 5) is 24.4. The van der Waals surface area contributed by atoms with Crippen molar-refractivity contribution < 1.29 is 14.0 Å². The van der Waals surface area contributed by atoms with Crippen LogP contribution in [-0.4, -0.2) is 11.8 Å². The highest BCUT2D eigenvalue weighted by Gasteiger charge is 2.10. The van der Waals surface area contributed by atoms with E-state index < -0.39 is 5.82 Å². The van der Waals surface area contributed by atoms with Crippen LogP contribution in [0.25, 0.3) is 0 Å². The molecule has 4 nitrogen and oxygen atoms in total. The van der Waals surface area contributed by atoms with E-state index in [0.29, 0.717) is 28.4 Å². The Morgan fingerprint density at radius 3 is 2.19 bits per heavy atom. The monoisotopic (exact) mass is 382 g/mol. The Kier molecular flexibility index (Phi) is 5.84. The molecule has 0 aliphatic heterocycles. The number of anilines is 1. The highest BCUT2D eigenvalue weighted by atomic mass is 35.5. The van der Waals surface area contributed by atoms with Crippen LogP contribution in [-0.2, 0) is 6.54 Å². The molecule has 0 aromatic heterocycles. The first-order valence-electron chi connectivity index (χ1n) is 8.21. The zero-order chi connectivity index (χ0) is 19.2. The average Bonchev–Trinajstić information content (AvgIpc) is 2.67. The molecule has 27 heavy (non-hydrogen) atoms. The number of amides is 2. The minimum atomic E-state index is -0.432. The van der Waals surface area contributed by atoms with Gasteiger partial charge in [0.05, 0.1) is 0 Å². The lowest BCUT2D eigenvalue weighted by Gasteiger charge is -2.08. The van der Waals surface area contributed by atoms with Gasteiger partial charge in [0, 0.05) is 28.4 Å². The van der Waals surface area contributed by atoms with Crippen LogP contribution in [0, 0.1) is 5.82 Å². The van der Waals surface area contributed by atoms with E-state index in [2.05, 4.69) is 10.6 Å². The second-order valence-corrected chi connectivity index (χ2v) is 6.22. The van der Waals surface area contributed by atoms with Crippen molar-refractivity contribution in [2.24, 2.45) is 0 Å². The molecular weight excluding hydrogens is 367 g/mol. The molecular formula is C21H16ClFN2O2. The Balaban J connectivity index is 1.61. The highest BCUT2D eigenvalue weighted by molar-refractivity contribution is 6.31. The minimum Gasteiger partial charge on any atom is -0.348 e. The molecule has 6 heteroatoms. The number of rotatable bonds is 5. The second kappa shape index (κ2) is 8.47. The van der Waals surface area contributed by atoms with E-state index in [0.717, 1.165) is 5.56 Å². The number of halogens is 2. The average molecular weight is 383 g/mol. The molecule has 0 saturated heterocycles. The van der Waals surface area contributed by atoms with Crippen molar-refractivity contribution in [2.45, 2.75) is 6.54 Å². The predicted molar refractivity (Wildman–Crippen MR) is 103 cm³/mol. The van der Waals surface area contributed by atoms with Crippen molar-refractivity contribution in [3.05, 3.63) is 100 Å². The number of carbonyl (C=O) groups is 2. The molecule has 136 valence electrons. The van der Waals surface area contributed by atoms with Gasteiger partial charge in [-0.1, -0.05) is 35.9 Å². The van der Waals surface area contributed by atoms with Gasteiger partial charge in [-0.3, -0.25) is 9.59 Å². The minimum absolute atomic E-state index is 0.271. The summed E-state index contributed by atoms with van der Waals surface area (Å²) < 4.78 is 13.2. The van der Waals surface area contributed by atoms with E-state index in [1.54, 1.807) is 36.4 Å². The molecule has 3 rings (SSSR count). The van der Waals surface area contributed by atoms with Crippen LogP contribution >= 0.6 is 11.6 Å². The molecule has 2 amide bonds. The van der Waals surface area contributed by atoms with Gasteiger partial charge >= 0.3 is 0 Å². The summed E-state index contributed by atoms with van der Waals surface area (Å²) in [5.41, 5.74) is 1.96. The van der Waals surface area contributed by atoms with E-state index in [1.165, 1.54) is 18.2 Å². The Labute approximate surface area is 161 Å². The fourth-order valence-corrected chi connectivity index (χ4v) is 2.66. The van der Waals surface area contributed by atoms with Crippen molar-refractivity contribution >= 4 is 29.1 Å². The van der Waals surface area contributed by atoms with Gasteiger partial charge in [-0.25, -0.2) is 4.39 Å². The van der Waals surface area contributed by atoms with E-state index in [-0.39, 0.29) is 11.8 Å². The SMILES string of the molecule is O=C(NCc1ccccc1Cl)c1ccc(C(=O)Nc2cccc(F)c2)cc1. The smallest absolute Gasteiger partial charge is 0.255 e. The van der Waals surface area contributed by atoms with Gasteiger partial charge in [-0.15, -0.1) is 0 Å². The first-order valence-corrected chi connectivity index (χ1v) is 8.59. The molecule has 3 aromatic carbocycles. The molecule has 0 saturated carbocycles. The van der Waals surface area contributed by atoms with Gasteiger partial charge in [0.2, 0.25) is 0 Å². The van der Waals surface area contributed by atoms with Gasteiger partial charge < -0.3 is 10.6 Å². The van der Waals surface area contributed by atoms with Crippen molar-refractivity contribution in [2.75, 3.05) is 5.32 Å². The van der Waals surface area contributed by atoms with Crippen molar-refractivity contribution in [3.63, 3.8) is 0 Å². The molecule has 0 heterocycles. The number of nitrogens with one attached hydrogen (secondary N) is 2. The summed E-state index contributed by atoms with van der Waals surface area (Å²) >= 11 is 6.07. The Morgan fingerprint density at radius 1 is 0.852 bits per heavy atom. The van der Waals surface area contributed by atoms with Crippen molar-refractivity contribution in [1.82, 2.24) is 5.32 Å². The van der Waals surface area contributed by atoms with Gasteiger partial charge in [-0.2, -0.15) is 0 Å². The number of hydrogen-bond donors (Lipinski definition) is 2. The predicted octanol–water partition coefficient (Wildman–Crippen LogP) is 4.66. The maximum absolute atomic E-state index is 13.2. The van der Waals surface area contributed by atoms with Crippen molar-refractivity contribution in [3.8, 4) is 0 Å². The number of hydrogen-bond acceptors (Lipinski definition) is 2. The van der Waals surface area contributed by atoms with E-state index in [9.17, 15) is 14.0 Å². The lowest BCUT2D eigenvalue weighted by molar-refractivity contribution is 0.0949. The zero-order valence-corrected chi connectivity index (χ0v) is 15.0. The Hall–Kier alpha value is -3.18. The quantitative estimate of drug-likeness (QED) is 0.674. The summed E-state index contributed by atoms with van der Waals surface area (Å²) in [6, 6.07) is 19.1. The highest BCUT2D eigenvalue weighted by Crippen LogP contribution is 2.15. The van der Waals surface area contributed by atoms with Gasteiger partial charge in [0.25, 0.3) is 11.8 Å². The van der Waals surface area contributed by atoms with Crippen LogP contribution in [0.15, 0.2) is 72.8 Å². The van der Waals surface area contributed by atoms with Crippen LogP contribution in [0.1, 0.15) is 26.3 Å². The lowest BCUT2D eigenvalue weighted by Crippen LogP contribution is -2.23.